The maximum atomic E-state index is 13.4. The third kappa shape index (κ3) is 5.31. The number of benzene rings is 1. The van der Waals surface area contributed by atoms with Crippen LogP contribution in [0, 0.1) is 5.41 Å². The average Bonchev–Trinajstić information content (AvgIpc) is 2.50. The summed E-state index contributed by atoms with van der Waals surface area (Å²) in [6, 6.07) is 5.18. The Labute approximate surface area is 150 Å². The number of rotatable bonds is 6. The molecule has 5 nitrogen and oxygen atoms in total. The van der Waals surface area contributed by atoms with Crippen LogP contribution < -0.4 is 0 Å². The molecule has 146 valence electrons. The minimum atomic E-state index is -5.07. The fourth-order valence-electron chi connectivity index (χ4n) is 1.68. The minimum Gasteiger partial charge on any atom is -0.459 e. The van der Waals surface area contributed by atoms with Gasteiger partial charge in [-0.25, -0.2) is 0 Å². The fraction of sp³-hybridized carbons (Fsp3) is 0.471. The number of hydrogen-bond donors (Lipinski definition) is 0. The highest BCUT2D eigenvalue weighted by Gasteiger charge is 2.59. The summed E-state index contributed by atoms with van der Waals surface area (Å²) in [7, 11) is -4.50. The number of esters is 1. The molecule has 1 aromatic rings. The van der Waals surface area contributed by atoms with Gasteiger partial charge in [0.15, 0.2) is 5.41 Å². The first kappa shape index (κ1) is 22.2. The normalized spacial score (nSPS) is 15.2. The second-order valence-corrected chi connectivity index (χ2v) is 8.44. The van der Waals surface area contributed by atoms with Crippen LogP contribution in [0.25, 0.3) is 6.08 Å². The average molecular weight is 394 g/mol. The lowest BCUT2D eigenvalue weighted by Gasteiger charge is -2.32. The van der Waals surface area contributed by atoms with Gasteiger partial charge in [0.2, 0.25) is 0 Å². The molecule has 1 aromatic carbocycles. The maximum Gasteiger partial charge on any atom is 0.406 e. The molecular formula is C17H21F3O5S. The van der Waals surface area contributed by atoms with E-state index in [1.807, 2.05) is 0 Å². The first-order valence-corrected chi connectivity index (χ1v) is 8.95. The highest BCUT2D eigenvalue weighted by Crippen LogP contribution is 2.41. The van der Waals surface area contributed by atoms with E-state index in [1.165, 1.54) is 51.1 Å². The highest BCUT2D eigenvalue weighted by molar-refractivity contribution is 7.86. The topological polar surface area (TPSA) is 69.7 Å². The van der Waals surface area contributed by atoms with Crippen LogP contribution in [0.3, 0.4) is 0 Å². The Morgan fingerprint density at radius 2 is 1.62 bits per heavy atom. The van der Waals surface area contributed by atoms with Gasteiger partial charge in [0.05, 0.1) is 11.5 Å². The fourth-order valence-corrected chi connectivity index (χ4v) is 2.68. The van der Waals surface area contributed by atoms with Crippen LogP contribution in [0.1, 0.15) is 33.3 Å². The Bertz CT molecular complexity index is 761. The van der Waals surface area contributed by atoms with Crippen LogP contribution >= 0.6 is 0 Å². The zero-order valence-electron chi connectivity index (χ0n) is 14.9. The van der Waals surface area contributed by atoms with Crippen molar-refractivity contribution in [2.45, 2.75) is 44.4 Å². The maximum absolute atomic E-state index is 13.4. The molecule has 0 N–H and O–H groups in total. The molecule has 1 rings (SSSR count). The van der Waals surface area contributed by atoms with E-state index in [2.05, 4.69) is 10.8 Å². The summed E-state index contributed by atoms with van der Waals surface area (Å²) in [5, 5.41) is 0. The number of carbonyl (C=O) groups excluding carboxylic acids is 1. The summed E-state index contributed by atoms with van der Waals surface area (Å²) >= 11 is 0. The van der Waals surface area contributed by atoms with Crippen molar-refractivity contribution in [3.8, 4) is 0 Å². The van der Waals surface area contributed by atoms with Crippen molar-refractivity contribution in [3.63, 3.8) is 0 Å². The van der Waals surface area contributed by atoms with E-state index in [4.69, 9.17) is 4.74 Å². The van der Waals surface area contributed by atoms with E-state index in [1.54, 1.807) is 0 Å². The molecule has 0 bridgehead atoms. The summed E-state index contributed by atoms with van der Waals surface area (Å²) in [5.41, 5.74) is -3.70. The molecule has 0 aliphatic heterocycles. The van der Waals surface area contributed by atoms with Crippen LogP contribution in [-0.2, 0) is 23.8 Å². The van der Waals surface area contributed by atoms with Gasteiger partial charge in [-0.1, -0.05) is 24.8 Å². The van der Waals surface area contributed by atoms with Gasteiger partial charge in [-0.3, -0.25) is 8.98 Å². The quantitative estimate of drug-likeness (QED) is 0.540. The van der Waals surface area contributed by atoms with Gasteiger partial charge in [0.25, 0.3) is 10.1 Å². The van der Waals surface area contributed by atoms with Gasteiger partial charge >= 0.3 is 12.1 Å². The van der Waals surface area contributed by atoms with E-state index in [-0.39, 0.29) is 4.90 Å². The third-order valence-corrected chi connectivity index (χ3v) is 4.66. The molecule has 9 heteroatoms. The van der Waals surface area contributed by atoms with Gasteiger partial charge < -0.3 is 4.74 Å². The van der Waals surface area contributed by atoms with Gasteiger partial charge in [-0.15, -0.1) is 0 Å². The first-order valence-electron chi connectivity index (χ1n) is 7.54. The van der Waals surface area contributed by atoms with Crippen molar-refractivity contribution in [1.82, 2.24) is 0 Å². The second kappa shape index (κ2) is 7.40. The molecule has 0 amide bonds. The van der Waals surface area contributed by atoms with Gasteiger partial charge in [0.1, 0.15) is 5.60 Å². The van der Waals surface area contributed by atoms with Crippen molar-refractivity contribution in [3.05, 3.63) is 36.4 Å². The number of hydrogen-bond acceptors (Lipinski definition) is 5. The summed E-state index contributed by atoms with van der Waals surface area (Å²) in [6.07, 6.45) is -3.60. The molecule has 0 heterocycles. The Hall–Kier alpha value is -1.87. The molecular weight excluding hydrogens is 373 g/mol. The molecule has 0 aromatic heterocycles. The zero-order valence-corrected chi connectivity index (χ0v) is 15.7. The molecule has 0 fully saturated rings. The molecule has 0 aliphatic carbocycles. The zero-order chi connectivity index (χ0) is 20.4. The smallest absolute Gasteiger partial charge is 0.406 e. The molecule has 0 radical (unpaired) electrons. The standard InChI is InChI=1S/C17H21F3O5S/c1-6-12-7-9-13(10-8-12)26(22,23)24-11-16(5,17(18,19)20)14(21)25-15(2,3)4/h6-10H,1,11H2,2-5H3. The summed E-state index contributed by atoms with van der Waals surface area (Å²) in [4.78, 5) is 11.7. The van der Waals surface area contributed by atoms with Crippen molar-refractivity contribution < 1.29 is 35.3 Å². The monoisotopic (exact) mass is 394 g/mol. The van der Waals surface area contributed by atoms with E-state index >= 15 is 0 Å². The molecule has 1 unspecified atom stereocenters. The molecule has 1 atom stereocenters. The largest absolute Gasteiger partial charge is 0.459 e. The Morgan fingerprint density at radius 3 is 2.00 bits per heavy atom. The molecule has 0 saturated heterocycles. The van der Waals surface area contributed by atoms with Gasteiger partial charge in [-0.2, -0.15) is 21.6 Å². The van der Waals surface area contributed by atoms with E-state index < -0.39 is 39.9 Å². The van der Waals surface area contributed by atoms with E-state index in [9.17, 15) is 26.4 Å². The lowest BCUT2D eigenvalue weighted by molar-refractivity contribution is -0.241. The van der Waals surface area contributed by atoms with Crippen molar-refractivity contribution >= 4 is 22.2 Å². The van der Waals surface area contributed by atoms with E-state index in [0.29, 0.717) is 12.5 Å². The van der Waals surface area contributed by atoms with Crippen LogP contribution in [0.5, 0.6) is 0 Å². The van der Waals surface area contributed by atoms with Crippen molar-refractivity contribution in [1.29, 1.82) is 0 Å². The van der Waals surface area contributed by atoms with Crippen LogP contribution in [-0.4, -0.2) is 32.8 Å². The highest BCUT2D eigenvalue weighted by atomic mass is 32.2. The molecule has 0 spiro atoms. The number of alkyl halides is 3. The predicted octanol–water partition coefficient (Wildman–Crippen LogP) is 3.95. The lowest BCUT2D eigenvalue weighted by atomic mass is 9.91. The van der Waals surface area contributed by atoms with Crippen LogP contribution in [0.4, 0.5) is 13.2 Å². The van der Waals surface area contributed by atoms with E-state index in [0.717, 1.165) is 0 Å². The molecule has 0 saturated carbocycles. The number of halogens is 3. The lowest BCUT2D eigenvalue weighted by Crippen LogP contribution is -2.49. The number of ether oxygens (including phenoxy) is 1. The molecule has 26 heavy (non-hydrogen) atoms. The Balaban J connectivity index is 3.09. The summed E-state index contributed by atoms with van der Waals surface area (Å²) in [5.74, 6) is -1.62. The SMILES string of the molecule is C=Cc1ccc(S(=O)(=O)OCC(C)(C(=O)OC(C)(C)C)C(F)(F)F)cc1. The van der Waals surface area contributed by atoms with Crippen molar-refractivity contribution in [2.75, 3.05) is 6.61 Å². The van der Waals surface area contributed by atoms with Crippen LogP contribution in [0.2, 0.25) is 0 Å². The predicted molar refractivity (Wildman–Crippen MR) is 89.7 cm³/mol. The summed E-state index contributed by atoms with van der Waals surface area (Å²) in [6.45, 7) is 6.83. The Kier molecular flexibility index (Phi) is 6.31. The third-order valence-electron chi connectivity index (χ3n) is 3.38. The Morgan fingerprint density at radius 1 is 1.12 bits per heavy atom. The first-order chi connectivity index (χ1) is 11.6. The van der Waals surface area contributed by atoms with Gasteiger partial charge in [-0.05, 0) is 45.4 Å². The van der Waals surface area contributed by atoms with Crippen LogP contribution in [0.15, 0.2) is 35.7 Å². The summed E-state index contributed by atoms with van der Waals surface area (Å²) < 4.78 is 73.9. The molecule has 0 aliphatic rings. The second-order valence-electron chi connectivity index (χ2n) is 6.82. The van der Waals surface area contributed by atoms with Crippen molar-refractivity contribution in [2.24, 2.45) is 5.41 Å². The minimum absolute atomic E-state index is 0.336. The van der Waals surface area contributed by atoms with Gasteiger partial charge in [0, 0.05) is 0 Å². The number of carbonyl (C=O) groups is 1.